The number of aromatic nitrogens is 3. The van der Waals surface area contributed by atoms with Crippen LogP contribution in [0.3, 0.4) is 0 Å². The first kappa shape index (κ1) is 21.2. The number of nitrogens with one attached hydrogen (secondary N) is 1. The molecule has 9 nitrogen and oxygen atoms in total. The molecule has 3 N–H and O–H groups in total. The number of esters is 1. The number of benzene rings is 1. The first-order chi connectivity index (χ1) is 14.9. The van der Waals surface area contributed by atoms with E-state index in [1.165, 1.54) is 16.3 Å². The highest BCUT2D eigenvalue weighted by molar-refractivity contribution is 8.00. The van der Waals surface area contributed by atoms with Gasteiger partial charge in [0.2, 0.25) is 5.95 Å². The first-order valence-corrected chi connectivity index (χ1v) is 11.0. The highest BCUT2D eigenvalue weighted by Gasteiger charge is 2.41. The lowest BCUT2D eigenvalue weighted by Crippen LogP contribution is -2.30. The van der Waals surface area contributed by atoms with Crippen LogP contribution in [-0.2, 0) is 9.47 Å². The van der Waals surface area contributed by atoms with E-state index < -0.39 is 34.2 Å². The number of nitrogen functional groups attached to an aromatic ring is 1. The Morgan fingerprint density at radius 1 is 1.35 bits per heavy atom. The van der Waals surface area contributed by atoms with Crippen LogP contribution in [0, 0.1) is 11.8 Å². The third kappa shape index (κ3) is 4.10. The second-order valence-electron chi connectivity index (χ2n) is 6.66. The van der Waals surface area contributed by atoms with Crippen molar-refractivity contribution >= 4 is 45.4 Å². The largest absolute Gasteiger partial charge is 0.442 e. The number of ether oxygens (including phenoxy) is 2. The maximum atomic E-state index is 12.6. The summed E-state index contributed by atoms with van der Waals surface area (Å²) in [5.41, 5.74) is 5.10. The van der Waals surface area contributed by atoms with E-state index in [0.29, 0.717) is 5.56 Å². The van der Waals surface area contributed by atoms with Crippen molar-refractivity contribution in [1.29, 1.82) is 0 Å². The molecule has 3 heterocycles. The van der Waals surface area contributed by atoms with Crippen LogP contribution in [0.4, 0.5) is 5.95 Å². The first-order valence-electron chi connectivity index (χ1n) is 9.29. The molecule has 31 heavy (non-hydrogen) atoms. The molecule has 0 radical (unpaired) electrons. The number of nitrogens with zero attached hydrogens (tertiary/aromatic N) is 2. The van der Waals surface area contributed by atoms with Crippen molar-refractivity contribution in [3.8, 4) is 11.8 Å². The smallest absolute Gasteiger partial charge is 0.339 e. The maximum Gasteiger partial charge on any atom is 0.339 e. The highest BCUT2D eigenvalue weighted by Crippen LogP contribution is 2.41. The van der Waals surface area contributed by atoms with Gasteiger partial charge in [-0.25, -0.2) is 4.79 Å². The minimum absolute atomic E-state index is 0.0922. The van der Waals surface area contributed by atoms with Crippen molar-refractivity contribution < 1.29 is 14.3 Å². The van der Waals surface area contributed by atoms with Crippen LogP contribution >= 0.6 is 23.1 Å². The number of hydrogen-bond donors (Lipinski definition) is 2. The van der Waals surface area contributed by atoms with Crippen LogP contribution in [0.1, 0.15) is 30.4 Å². The highest BCUT2D eigenvalue weighted by atomic mass is 32.2. The number of H-pyrrole nitrogens is 1. The quantitative estimate of drug-likeness (QED) is 0.448. The van der Waals surface area contributed by atoms with Crippen LogP contribution in [-0.4, -0.2) is 37.3 Å². The average Bonchev–Trinajstić information content (AvgIpc) is 3.27. The summed E-state index contributed by atoms with van der Waals surface area (Å²) in [6.45, 7) is 3.51. The van der Waals surface area contributed by atoms with Crippen LogP contribution in [0.5, 0.6) is 0 Å². The van der Waals surface area contributed by atoms with Crippen molar-refractivity contribution in [2.75, 3.05) is 5.73 Å². The zero-order valence-corrected chi connectivity index (χ0v) is 18.2. The molecule has 1 aromatic carbocycles. The molecule has 1 aliphatic heterocycles. The number of fused-ring (bicyclic) bond motifs is 1. The van der Waals surface area contributed by atoms with Gasteiger partial charge < -0.3 is 15.2 Å². The number of hydrogen-bond acceptors (Lipinski definition) is 9. The molecule has 0 bridgehead atoms. The number of thioether (sulfide) groups is 1. The molecule has 0 amide bonds. The Balaban J connectivity index is 1.63. The van der Waals surface area contributed by atoms with Gasteiger partial charge in [0.25, 0.3) is 5.56 Å². The lowest BCUT2D eigenvalue weighted by atomic mass is 10.2. The van der Waals surface area contributed by atoms with Gasteiger partial charge in [-0.15, -0.1) is 17.7 Å². The molecular weight excluding hydrogens is 440 g/mol. The summed E-state index contributed by atoms with van der Waals surface area (Å²) in [7, 11) is 0. The predicted octanol–water partition coefficient (Wildman–Crippen LogP) is 1.95. The Morgan fingerprint density at radius 3 is 2.81 bits per heavy atom. The molecule has 2 aromatic heterocycles. The Morgan fingerprint density at radius 2 is 2.10 bits per heavy atom. The Bertz CT molecular complexity index is 1300. The molecule has 3 aromatic rings. The second kappa shape index (κ2) is 8.58. The summed E-state index contributed by atoms with van der Waals surface area (Å²) >= 11 is 2.15. The van der Waals surface area contributed by atoms with E-state index in [1.807, 2.05) is 6.92 Å². The van der Waals surface area contributed by atoms with Crippen LogP contribution < -0.4 is 16.2 Å². The van der Waals surface area contributed by atoms with Gasteiger partial charge in [-0.3, -0.25) is 19.1 Å². The number of anilines is 1. The van der Waals surface area contributed by atoms with Crippen molar-refractivity contribution in [1.82, 2.24) is 14.5 Å². The molecule has 0 saturated carbocycles. The lowest BCUT2D eigenvalue weighted by molar-refractivity contribution is -0.0400. The van der Waals surface area contributed by atoms with Crippen molar-refractivity contribution in [3.63, 3.8) is 0 Å². The minimum atomic E-state index is -0.850. The van der Waals surface area contributed by atoms with E-state index in [1.54, 1.807) is 37.3 Å². The number of carbonyl (C=O) groups is 1. The molecule has 4 rings (SSSR count). The van der Waals surface area contributed by atoms with E-state index in [9.17, 15) is 14.4 Å². The van der Waals surface area contributed by atoms with Crippen molar-refractivity contribution in [2.24, 2.45) is 0 Å². The number of aromatic amines is 1. The summed E-state index contributed by atoms with van der Waals surface area (Å²) in [5.74, 6) is 5.02. The predicted molar refractivity (Wildman–Crippen MR) is 119 cm³/mol. The maximum absolute atomic E-state index is 12.6. The zero-order chi connectivity index (χ0) is 22.1. The Hall–Kier alpha value is -3.07. The monoisotopic (exact) mass is 458 g/mol. The van der Waals surface area contributed by atoms with Gasteiger partial charge >= 0.3 is 10.8 Å². The fourth-order valence-corrected chi connectivity index (χ4v) is 5.23. The fraction of sp³-hybridized carbons (Fsp3) is 0.300. The van der Waals surface area contributed by atoms with Crippen molar-refractivity contribution in [2.45, 2.75) is 36.9 Å². The zero-order valence-electron chi connectivity index (χ0n) is 16.5. The average molecular weight is 459 g/mol. The van der Waals surface area contributed by atoms with Gasteiger partial charge in [0.05, 0.1) is 10.8 Å². The number of nitrogens with two attached hydrogens (primary N) is 1. The molecule has 11 heteroatoms. The number of carbonyl (C=O) groups excluding carboxylic acids is 1. The topological polar surface area (TPSA) is 129 Å². The van der Waals surface area contributed by atoms with Crippen molar-refractivity contribution in [3.05, 3.63) is 55.9 Å². The van der Waals surface area contributed by atoms with E-state index in [0.717, 1.165) is 11.3 Å². The molecule has 0 aliphatic carbocycles. The van der Waals surface area contributed by atoms with E-state index in [4.69, 9.17) is 15.2 Å². The summed E-state index contributed by atoms with van der Waals surface area (Å²) in [4.78, 5) is 43.4. The molecule has 1 aliphatic rings. The molecule has 1 fully saturated rings. The normalized spacial score (nSPS) is 21.4. The summed E-state index contributed by atoms with van der Waals surface area (Å²) < 4.78 is 13.2. The Labute approximate surface area is 184 Å². The SMILES string of the molecule is CC#CC(OC(=O)c1ccccc1)C1OC(n2c(=O)sc3c(=O)[nH]c(N)nc32)[C@H](C)S1. The minimum Gasteiger partial charge on any atom is -0.442 e. The van der Waals surface area contributed by atoms with E-state index in [-0.39, 0.29) is 21.5 Å². The standard InChI is InChI=1S/C20H18N4O5S2/c1-3-7-12(28-17(26)11-8-5-4-6-9-11)18-29-16(10(2)30-18)24-14-13(31-20(24)27)15(25)23-19(21)22-14/h4-6,8-10,12,16,18H,1-2H3,(H3,21,22,23,25)/t10-,12?,16?,18?/m0/s1. The molecule has 0 spiro atoms. The Kier molecular flexibility index (Phi) is 5.86. The summed E-state index contributed by atoms with van der Waals surface area (Å²) in [5, 5.41) is -0.209. The van der Waals surface area contributed by atoms with Gasteiger partial charge in [-0.2, -0.15) is 4.98 Å². The van der Waals surface area contributed by atoms with Crippen LogP contribution in [0.2, 0.25) is 0 Å². The second-order valence-corrected chi connectivity index (χ2v) is 9.11. The third-order valence-electron chi connectivity index (χ3n) is 4.55. The van der Waals surface area contributed by atoms with Gasteiger partial charge in [-0.1, -0.05) is 35.5 Å². The summed E-state index contributed by atoms with van der Waals surface area (Å²) in [6, 6.07) is 8.58. The van der Waals surface area contributed by atoms with Gasteiger partial charge in [-0.05, 0) is 26.0 Å². The lowest BCUT2D eigenvalue weighted by Gasteiger charge is -2.19. The molecule has 160 valence electrons. The summed E-state index contributed by atoms with van der Waals surface area (Å²) in [6.07, 6.45) is -1.58. The van der Waals surface area contributed by atoms with E-state index in [2.05, 4.69) is 21.8 Å². The van der Waals surface area contributed by atoms with Crippen LogP contribution in [0.25, 0.3) is 10.3 Å². The molecule has 3 unspecified atom stereocenters. The number of thiazole rings is 1. The number of rotatable bonds is 4. The molecule has 1 saturated heterocycles. The van der Waals surface area contributed by atoms with Crippen LogP contribution in [0.15, 0.2) is 39.9 Å². The third-order valence-corrected chi connectivity index (χ3v) is 6.78. The van der Waals surface area contributed by atoms with Gasteiger partial charge in [0, 0.05) is 0 Å². The fourth-order valence-electron chi connectivity index (χ4n) is 3.20. The molecule has 4 atom stereocenters. The molecular formula is C20H18N4O5S2. The van der Waals surface area contributed by atoms with E-state index >= 15 is 0 Å². The van der Waals surface area contributed by atoms with Gasteiger partial charge in [0.15, 0.2) is 23.4 Å². The van der Waals surface area contributed by atoms with Gasteiger partial charge in [0.1, 0.15) is 4.70 Å².